The molecule has 0 bridgehead atoms. The normalized spacial score (nSPS) is 19.1. The molecule has 1 aliphatic carbocycles. The largest absolute Gasteiger partial charge is 0.347 e. The Morgan fingerprint density at radius 1 is 0.903 bits per heavy atom. The smallest absolute Gasteiger partial charge is 0.253 e. The van der Waals surface area contributed by atoms with Crippen molar-refractivity contribution in [1.82, 2.24) is 25.8 Å². The SMILES string of the molecule is CC1CC2(C1)CN(C(=O)CNC(=O)CNC(=O)CNC(=O)CCN1C(=O)C=CC1=O)C2. The first-order valence-electron chi connectivity index (χ1n) is 10.3. The Balaban J connectivity index is 1.22. The minimum absolute atomic E-state index is 0.0777. The Kier molecular flexibility index (Phi) is 6.71. The number of likely N-dealkylation sites (tertiary alicyclic amines) is 1. The Labute approximate surface area is 179 Å². The van der Waals surface area contributed by atoms with Crippen molar-refractivity contribution in [1.29, 1.82) is 0 Å². The fraction of sp³-hybridized carbons (Fsp3) is 0.600. The van der Waals surface area contributed by atoms with E-state index in [-0.39, 0.29) is 38.5 Å². The summed E-state index contributed by atoms with van der Waals surface area (Å²) in [5.74, 6) is -1.96. The molecular formula is C20H27N5O6. The van der Waals surface area contributed by atoms with Gasteiger partial charge >= 0.3 is 0 Å². The molecule has 0 unspecified atom stereocenters. The van der Waals surface area contributed by atoms with Gasteiger partial charge in [0.25, 0.3) is 11.8 Å². The first-order valence-corrected chi connectivity index (χ1v) is 10.3. The highest BCUT2D eigenvalue weighted by Gasteiger charge is 2.51. The van der Waals surface area contributed by atoms with E-state index < -0.39 is 29.5 Å². The molecule has 0 aromatic carbocycles. The van der Waals surface area contributed by atoms with Crippen LogP contribution in [0.15, 0.2) is 12.2 Å². The fourth-order valence-corrected chi connectivity index (χ4v) is 4.34. The van der Waals surface area contributed by atoms with Gasteiger partial charge in [0, 0.05) is 43.6 Å². The van der Waals surface area contributed by atoms with E-state index in [1.165, 1.54) is 0 Å². The number of amides is 6. The Morgan fingerprint density at radius 2 is 1.42 bits per heavy atom. The number of rotatable bonds is 9. The van der Waals surface area contributed by atoms with Gasteiger partial charge in [-0.15, -0.1) is 0 Å². The van der Waals surface area contributed by atoms with E-state index in [4.69, 9.17) is 0 Å². The quantitative estimate of drug-likeness (QED) is 0.356. The number of carbonyl (C=O) groups is 6. The first kappa shape index (κ1) is 22.4. The molecule has 2 heterocycles. The van der Waals surface area contributed by atoms with Crippen LogP contribution in [0.1, 0.15) is 26.2 Å². The summed E-state index contributed by atoms with van der Waals surface area (Å²) in [4.78, 5) is 72.8. The summed E-state index contributed by atoms with van der Waals surface area (Å²) in [5.41, 5.74) is 0.300. The molecule has 11 heteroatoms. The van der Waals surface area contributed by atoms with Gasteiger partial charge in [-0.25, -0.2) is 0 Å². The van der Waals surface area contributed by atoms with Crippen molar-refractivity contribution in [2.45, 2.75) is 26.2 Å². The average Bonchev–Trinajstić information content (AvgIpc) is 3.00. The van der Waals surface area contributed by atoms with Crippen LogP contribution in [-0.2, 0) is 28.8 Å². The van der Waals surface area contributed by atoms with E-state index in [0.29, 0.717) is 5.41 Å². The van der Waals surface area contributed by atoms with E-state index >= 15 is 0 Å². The first-order chi connectivity index (χ1) is 14.7. The maximum atomic E-state index is 12.1. The highest BCUT2D eigenvalue weighted by molar-refractivity contribution is 6.13. The second-order valence-corrected chi connectivity index (χ2v) is 8.50. The van der Waals surface area contributed by atoms with Crippen molar-refractivity contribution in [3.63, 3.8) is 0 Å². The molecule has 6 amide bonds. The highest BCUT2D eigenvalue weighted by atomic mass is 16.2. The molecule has 168 valence electrons. The molecule has 0 aromatic heterocycles. The predicted molar refractivity (Wildman–Crippen MR) is 107 cm³/mol. The van der Waals surface area contributed by atoms with Crippen molar-refractivity contribution in [3.05, 3.63) is 12.2 Å². The summed E-state index contributed by atoms with van der Waals surface area (Å²) in [6.07, 6.45) is 4.42. The maximum Gasteiger partial charge on any atom is 0.253 e. The average molecular weight is 433 g/mol. The minimum atomic E-state index is -0.575. The van der Waals surface area contributed by atoms with E-state index in [9.17, 15) is 28.8 Å². The van der Waals surface area contributed by atoms with Crippen LogP contribution in [0.3, 0.4) is 0 Å². The molecule has 1 saturated heterocycles. The zero-order chi connectivity index (χ0) is 22.6. The zero-order valence-electron chi connectivity index (χ0n) is 17.4. The Bertz CT molecular complexity index is 806. The monoisotopic (exact) mass is 433 g/mol. The van der Waals surface area contributed by atoms with Gasteiger partial charge in [0.2, 0.25) is 23.6 Å². The number of nitrogens with zero attached hydrogens (tertiary/aromatic N) is 2. The summed E-state index contributed by atoms with van der Waals surface area (Å²) in [7, 11) is 0. The third-order valence-electron chi connectivity index (χ3n) is 5.76. The van der Waals surface area contributed by atoms with Crippen molar-refractivity contribution in [2.24, 2.45) is 11.3 Å². The molecule has 3 aliphatic rings. The second-order valence-electron chi connectivity index (χ2n) is 8.50. The van der Waals surface area contributed by atoms with Crippen LogP contribution in [0.4, 0.5) is 0 Å². The topological polar surface area (TPSA) is 145 Å². The summed E-state index contributed by atoms with van der Waals surface area (Å²) in [5, 5.41) is 7.17. The van der Waals surface area contributed by atoms with Gasteiger partial charge in [-0.3, -0.25) is 33.7 Å². The number of nitrogens with one attached hydrogen (secondary N) is 3. The molecular weight excluding hydrogens is 406 g/mol. The lowest BCUT2D eigenvalue weighted by Gasteiger charge is -2.58. The van der Waals surface area contributed by atoms with Crippen molar-refractivity contribution < 1.29 is 28.8 Å². The molecule has 11 nitrogen and oxygen atoms in total. The van der Waals surface area contributed by atoms with Crippen LogP contribution in [0.25, 0.3) is 0 Å². The molecule has 2 fully saturated rings. The van der Waals surface area contributed by atoms with Gasteiger partial charge in [-0.05, 0) is 18.8 Å². The van der Waals surface area contributed by atoms with E-state index in [1.807, 2.05) is 0 Å². The molecule has 3 N–H and O–H groups in total. The van der Waals surface area contributed by atoms with Gasteiger partial charge in [0.05, 0.1) is 19.6 Å². The van der Waals surface area contributed by atoms with Gasteiger partial charge in [-0.2, -0.15) is 0 Å². The van der Waals surface area contributed by atoms with E-state index in [0.717, 1.165) is 48.9 Å². The summed E-state index contributed by atoms with van der Waals surface area (Å²) >= 11 is 0. The van der Waals surface area contributed by atoms with Gasteiger partial charge < -0.3 is 20.9 Å². The summed E-state index contributed by atoms with van der Waals surface area (Å²) < 4.78 is 0. The zero-order valence-corrected chi connectivity index (χ0v) is 17.4. The van der Waals surface area contributed by atoms with E-state index in [2.05, 4.69) is 22.9 Å². The van der Waals surface area contributed by atoms with Crippen LogP contribution < -0.4 is 16.0 Å². The highest BCUT2D eigenvalue weighted by Crippen LogP contribution is 2.51. The molecule has 0 aromatic rings. The third kappa shape index (κ3) is 5.68. The Morgan fingerprint density at radius 3 is 1.97 bits per heavy atom. The van der Waals surface area contributed by atoms with Crippen LogP contribution in [0.2, 0.25) is 0 Å². The number of carbonyl (C=O) groups excluding carboxylic acids is 6. The predicted octanol–water partition coefficient (Wildman–Crippen LogP) is -2.09. The standard InChI is InChI=1S/C20H27N5O6/c1-13-6-20(7-13)11-24(12-20)19(31)10-23-16(28)9-22-15(27)8-21-14(26)4-5-25-17(29)2-3-18(25)30/h2-3,13H,4-12H2,1H3,(H,21,26)(H,22,27)(H,23,28). The Hall–Kier alpha value is -3.24. The third-order valence-corrected chi connectivity index (χ3v) is 5.76. The molecule has 1 spiro atoms. The molecule has 3 rings (SSSR count). The van der Waals surface area contributed by atoms with Crippen LogP contribution >= 0.6 is 0 Å². The lowest BCUT2D eigenvalue weighted by atomic mass is 9.58. The molecule has 31 heavy (non-hydrogen) atoms. The molecule has 1 saturated carbocycles. The van der Waals surface area contributed by atoms with Crippen molar-refractivity contribution >= 4 is 35.4 Å². The van der Waals surface area contributed by atoms with Crippen molar-refractivity contribution in [3.8, 4) is 0 Å². The lowest BCUT2D eigenvalue weighted by molar-refractivity contribution is -0.153. The number of imide groups is 1. The summed E-state index contributed by atoms with van der Waals surface area (Å²) in [6.45, 7) is 2.85. The maximum absolute atomic E-state index is 12.1. The van der Waals surface area contributed by atoms with Gasteiger partial charge in [0.1, 0.15) is 0 Å². The molecule has 2 aliphatic heterocycles. The van der Waals surface area contributed by atoms with E-state index in [1.54, 1.807) is 4.90 Å². The summed E-state index contributed by atoms with van der Waals surface area (Å²) in [6, 6.07) is 0. The molecule has 0 radical (unpaired) electrons. The van der Waals surface area contributed by atoms with Crippen LogP contribution in [0, 0.1) is 11.3 Å². The van der Waals surface area contributed by atoms with Crippen LogP contribution in [0.5, 0.6) is 0 Å². The number of hydrogen-bond donors (Lipinski definition) is 3. The van der Waals surface area contributed by atoms with Crippen LogP contribution in [-0.4, -0.2) is 84.5 Å². The second kappa shape index (κ2) is 9.27. The molecule has 0 atom stereocenters. The lowest BCUT2D eigenvalue weighted by Crippen LogP contribution is -2.64. The minimum Gasteiger partial charge on any atom is -0.347 e. The van der Waals surface area contributed by atoms with Gasteiger partial charge in [0.15, 0.2) is 0 Å². The van der Waals surface area contributed by atoms with Crippen molar-refractivity contribution in [2.75, 3.05) is 39.3 Å². The fourth-order valence-electron chi connectivity index (χ4n) is 4.34. The van der Waals surface area contributed by atoms with Gasteiger partial charge in [-0.1, -0.05) is 6.92 Å². The number of hydrogen-bond acceptors (Lipinski definition) is 6.